The average molecular weight is 463 g/mol. The number of rotatable bonds is 9. The number of anilines is 2. The maximum Gasteiger partial charge on any atom is 0.326 e. The van der Waals surface area contributed by atoms with E-state index >= 15 is 0 Å². The van der Waals surface area contributed by atoms with E-state index in [0.29, 0.717) is 24.7 Å². The second-order valence-electron chi connectivity index (χ2n) is 8.01. The van der Waals surface area contributed by atoms with E-state index in [-0.39, 0.29) is 0 Å². The molecule has 0 aliphatic carbocycles. The molecule has 33 heavy (non-hydrogen) atoms. The molecule has 0 aliphatic rings. The van der Waals surface area contributed by atoms with Crippen molar-refractivity contribution in [2.24, 2.45) is 0 Å². The molecule has 0 saturated heterocycles. The van der Waals surface area contributed by atoms with Gasteiger partial charge in [-0.3, -0.25) is 0 Å². The highest BCUT2D eigenvalue weighted by Crippen LogP contribution is 2.24. The van der Waals surface area contributed by atoms with Gasteiger partial charge in [0.1, 0.15) is 11.0 Å². The van der Waals surface area contributed by atoms with E-state index in [0.717, 1.165) is 38.5 Å². The molecule has 4 aromatic rings. The van der Waals surface area contributed by atoms with Crippen LogP contribution in [0.15, 0.2) is 48.8 Å². The molecular weight excluding hydrogens is 436 g/mol. The molecule has 0 fully saturated rings. The number of nitrogens with zero attached hydrogens (tertiary/aromatic N) is 3. The number of aromatic amines is 1. The van der Waals surface area contributed by atoms with Gasteiger partial charge in [-0.15, -0.1) is 0 Å². The SMILES string of the molecule is Cc1cc(C)c(NC(Cc2ccc(-c3nsc(CNc4ncc[nH]4)n3)cc2)C(=O)O)c(C)c1. The molecule has 2 aromatic carbocycles. The molecule has 0 saturated carbocycles. The minimum Gasteiger partial charge on any atom is -0.480 e. The van der Waals surface area contributed by atoms with Gasteiger partial charge in [0.05, 0.1) is 6.54 Å². The number of imidazole rings is 1. The van der Waals surface area contributed by atoms with Crippen molar-refractivity contribution in [3.63, 3.8) is 0 Å². The normalized spacial score (nSPS) is 11.8. The Balaban J connectivity index is 1.42. The number of hydrogen-bond acceptors (Lipinski definition) is 7. The predicted octanol–water partition coefficient (Wildman–Crippen LogP) is 4.57. The molecule has 2 heterocycles. The number of carboxylic acids is 1. The van der Waals surface area contributed by atoms with Crippen LogP contribution in [0.25, 0.3) is 11.4 Å². The van der Waals surface area contributed by atoms with Crippen LogP contribution in [0.2, 0.25) is 0 Å². The quantitative estimate of drug-likeness (QED) is 0.288. The van der Waals surface area contributed by atoms with Crippen molar-refractivity contribution in [1.29, 1.82) is 0 Å². The van der Waals surface area contributed by atoms with Crippen LogP contribution >= 0.6 is 11.5 Å². The molecule has 0 bridgehead atoms. The van der Waals surface area contributed by atoms with Crippen LogP contribution in [0.4, 0.5) is 11.6 Å². The summed E-state index contributed by atoms with van der Waals surface area (Å²) in [5, 5.41) is 17.0. The van der Waals surface area contributed by atoms with Crippen LogP contribution in [-0.2, 0) is 17.8 Å². The maximum absolute atomic E-state index is 11.9. The lowest BCUT2D eigenvalue weighted by Crippen LogP contribution is -2.32. The number of H-pyrrole nitrogens is 1. The van der Waals surface area contributed by atoms with Gasteiger partial charge in [-0.05, 0) is 49.0 Å². The van der Waals surface area contributed by atoms with Crippen molar-refractivity contribution in [1.82, 2.24) is 19.3 Å². The lowest BCUT2D eigenvalue weighted by atomic mass is 10.0. The van der Waals surface area contributed by atoms with E-state index in [1.54, 1.807) is 12.4 Å². The molecule has 0 amide bonds. The lowest BCUT2D eigenvalue weighted by Gasteiger charge is -2.20. The van der Waals surface area contributed by atoms with Gasteiger partial charge in [0.15, 0.2) is 11.8 Å². The first kappa shape index (κ1) is 22.5. The largest absolute Gasteiger partial charge is 0.480 e. The molecule has 1 unspecified atom stereocenters. The Kier molecular flexibility index (Phi) is 6.69. The van der Waals surface area contributed by atoms with Gasteiger partial charge >= 0.3 is 5.97 Å². The number of nitrogens with one attached hydrogen (secondary N) is 3. The second kappa shape index (κ2) is 9.83. The predicted molar refractivity (Wildman–Crippen MR) is 131 cm³/mol. The summed E-state index contributed by atoms with van der Waals surface area (Å²) < 4.78 is 4.44. The van der Waals surface area contributed by atoms with Crippen LogP contribution in [0.3, 0.4) is 0 Å². The van der Waals surface area contributed by atoms with Crippen LogP contribution in [0.1, 0.15) is 27.3 Å². The summed E-state index contributed by atoms with van der Waals surface area (Å²) >= 11 is 1.34. The first-order chi connectivity index (χ1) is 15.9. The number of carboxylic acid groups (broad SMARTS) is 1. The number of aliphatic carboxylic acids is 1. The summed E-state index contributed by atoms with van der Waals surface area (Å²) in [7, 11) is 0. The van der Waals surface area contributed by atoms with E-state index in [2.05, 4.69) is 42.1 Å². The molecule has 0 aliphatic heterocycles. The topological polar surface area (TPSA) is 116 Å². The number of aryl methyl sites for hydroxylation is 3. The molecule has 4 N–H and O–H groups in total. The Labute approximate surface area is 196 Å². The lowest BCUT2D eigenvalue weighted by molar-refractivity contribution is -0.137. The molecule has 9 heteroatoms. The van der Waals surface area contributed by atoms with E-state index in [1.165, 1.54) is 11.5 Å². The molecule has 0 radical (unpaired) electrons. The summed E-state index contributed by atoms with van der Waals surface area (Å²) in [4.78, 5) is 23.6. The fraction of sp³-hybridized carbons (Fsp3) is 0.250. The zero-order valence-corrected chi connectivity index (χ0v) is 19.5. The van der Waals surface area contributed by atoms with Crippen molar-refractivity contribution in [2.75, 3.05) is 10.6 Å². The maximum atomic E-state index is 11.9. The molecule has 8 nitrogen and oxygen atoms in total. The number of aromatic nitrogens is 4. The van der Waals surface area contributed by atoms with Gasteiger partial charge in [-0.2, -0.15) is 4.37 Å². The number of carbonyl (C=O) groups is 1. The molecular formula is C24H26N6O2S. The van der Waals surface area contributed by atoms with E-state index in [9.17, 15) is 9.90 Å². The van der Waals surface area contributed by atoms with Gasteiger partial charge in [0, 0.05) is 30.1 Å². The monoisotopic (exact) mass is 462 g/mol. The minimum atomic E-state index is -0.881. The summed E-state index contributed by atoms with van der Waals surface area (Å²) in [5.74, 6) is 0.462. The Hall–Kier alpha value is -3.72. The van der Waals surface area contributed by atoms with E-state index in [4.69, 9.17) is 0 Å². The molecule has 170 valence electrons. The Morgan fingerprint density at radius 3 is 2.52 bits per heavy atom. The fourth-order valence-electron chi connectivity index (χ4n) is 3.77. The van der Waals surface area contributed by atoms with Crippen LogP contribution in [0, 0.1) is 20.8 Å². The van der Waals surface area contributed by atoms with Crippen molar-refractivity contribution >= 4 is 29.1 Å². The minimum absolute atomic E-state index is 0.366. The highest BCUT2D eigenvalue weighted by molar-refractivity contribution is 7.05. The van der Waals surface area contributed by atoms with Crippen molar-refractivity contribution in [3.8, 4) is 11.4 Å². The van der Waals surface area contributed by atoms with Gasteiger partial charge < -0.3 is 20.7 Å². The molecule has 0 spiro atoms. The smallest absolute Gasteiger partial charge is 0.326 e. The first-order valence-electron chi connectivity index (χ1n) is 10.6. The van der Waals surface area contributed by atoms with Gasteiger partial charge in [-0.25, -0.2) is 14.8 Å². The summed E-state index contributed by atoms with van der Waals surface area (Å²) in [6, 6.07) is 11.1. The van der Waals surface area contributed by atoms with Crippen LogP contribution in [0.5, 0.6) is 0 Å². The van der Waals surface area contributed by atoms with Gasteiger partial charge in [-0.1, -0.05) is 42.0 Å². The third kappa shape index (κ3) is 5.56. The average Bonchev–Trinajstić information content (AvgIpc) is 3.46. The third-order valence-corrected chi connectivity index (χ3v) is 6.03. The fourth-order valence-corrected chi connectivity index (χ4v) is 4.37. The van der Waals surface area contributed by atoms with Crippen molar-refractivity contribution < 1.29 is 9.90 Å². The second-order valence-corrected chi connectivity index (χ2v) is 8.85. The Bertz CT molecular complexity index is 1210. The third-order valence-electron chi connectivity index (χ3n) is 5.32. The molecule has 2 aromatic heterocycles. The summed E-state index contributed by atoms with van der Waals surface area (Å²) in [6.45, 7) is 6.56. The van der Waals surface area contributed by atoms with Crippen molar-refractivity contribution in [3.05, 3.63) is 76.1 Å². The van der Waals surface area contributed by atoms with Gasteiger partial charge in [0.25, 0.3) is 0 Å². The summed E-state index contributed by atoms with van der Waals surface area (Å²) in [6.07, 6.45) is 3.80. The summed E-state index contributed by atoms with van der Waals surface area (Å²) in [5.41, 5.74) is 5.95. The van der Waals surface area contributed by atoms with E-state index in [1.807, 2.05) is 45.0 Å². The number of hydrogen-bond donors (Lipinski definition) is 4. The standard InChI is InChI=1S/C24H26N6O2S/c1-14-10-15(2)21(16(3)11-14)28-19(23(31)32)12-17-4-6-18(7-5-17)22-29-20(33-30-22)13-27-24-25-8-9-26-24/h4-11,19,28H,12-13H2,1-3H3,(H,31,32)(H2,25,26,27). The van der Waals surface area contributed by atoms with Gasteiger partial charge in [0.2, 0.25) is 0 Å². The van der Waals surface area contributed by atoms with Crippen LogP contribution < -0.4 is 10.6 Å². The van der Waals surface area contributed by atoms with E-state index < -0.39 is 12.0 Å². The highest BCUT2D eigenvalue weighted by atomic mass is 32.1. The Morgan fingerprint density at radius 2 is 1.88 bits per heavy atom. The van der Waals surface area contributed by atoms with Crippen molar-refractivity contribution in [2.45, 2.75) is 39.8 Å². The Morgan fingerprint density at radius 1 is 1.15 bits per heavy atom. The molecule has 4 rings (SSSR count). The zero-order chi connectivity index (χ0) is 23.4. The van der Waals surface area contributed by atoms with Crippen LogP contribution in [-0.4, -0.2) is 36.4 Å². The highest BCUT2D eigenvalue weighted by Gasteiger charge is 2.20. The molecule has 1 atom stereocenters. The number of benzene rings is 2. The zero-order valence-electron chi connectivity index (χ0n) is 18.7. The first-order valence-corrected chi connectivity index (χ1v) is 11.4.